The van der Waals surface area contributed by atoms with E-state index in [2.05, 4.69) is 36.1 Å². The molecule has 3 heteroatoms. The Morgan fingerprint density at radius 2 is 2.10 bits per heavy atom. The number of aliphatic hydroxyl groups is 1. The number of methoxy groups -OCH3 is 1. The molecule has 0 saturated carbocycles. The zero-order valence-corrected chi connectivity index (χ0v) is 13.2. The van der Waals surface area contributed by atoms with E-state index in [4.69, 9.17) is 4.74 Å². The molecule has 0 radical (unpaired) electrons. The van der Waals surface area contributed by atoms with Crippen molar-refractivity contribution in [1.29, 1.82) is 0 Å². The fourth-order valence-electron chi connectivity index (χ4n) is 3.05. The maximum atomic E-state index is 9.66. The lowest BCUT2D eigenvalue weighted by atomic mass is 9.78. The van der Waals surface area contributed by atoms with Gasteiger partial charge in [-0.05, 0) is 43.5 Å². The van der Waals surface area contributed by atoms with Crippen LogP contribution in [0, 0.1) is 5.41 Å². The fraction of sp³-hybridized carbons (Fsp3) is 0.556. The van der Waals surface area contributed by atoms with Crippen molar-refractivity contribution >= 4 is 6.08 Å². The van der Waals surface area contributed by atoms with Crippen LogP contribution in [0.1, 0.15) is 31.7 Å². The Bertz CT molecular complexity index is 449. The number of likely N-dealkylation sites (tertiary alicyclic amines) is 1. The predicted molar refractivity (Wildman–Crippen MR) is 87.5 cm³/mol. The van der Waals surface area contributed by atoms with Crippen molar-refractivity contribution in [2.75, 3.05) is 33.4 Å². The standard InChI is InChI=1S/C18H27NO2/c1-3-18(15-20)11-5-13-19(14-18)12-4-6-16-7-9-17(21-2)10-8-16/h4,6-10,20H,3,5,11-15H2,1-2H3/b6-4+. The molecular formula is C18H27NO2. The number of piperidine rings is 1. The molecule has 0 aromatic heterocycles. The Kier molecular flexibility index (Phi) is 5.83. The van der Waals surface area contributed by atoms with E-state index in [0.717, 1.165) is 38.2 Å². The van der Waals surface area contributed by atoms with Gasteiger partial charge in [-0.3, -0.25) is 4.90 Å². The molecule has 0 amide bonds. The van der Waals surface area contributed by atoms with Crippen molar-refractivity contribution in [2.24, 2.45) is 5.41 Å². The number of benzene rings is 1. The first-order valence-electron chi connectivity index (χ1n) is 7.85. The molecule has 1 aliphatic heterocycles. The Morgan fingerprint density at radius 1 is 1.33 bits per heavy atom. The highest BCUT2D eigenvalue weighted by Gasteiger charge is 2.32. The third kappa shape index (κ3) is 4.32. The Labute approximate surface area is 128 Å². The SMILES string of the molecule is CCC1(CO)CCCN(C/C=C/c2ccc(OC)cc2)C1. The van der Waals surface area contributed by atoms with Crippen molar-refractivity contribution in [2.45, 2.75) is 26.2 Å². The highest BCUT2D eigenvalue weighted by atomic mass is 16.5. The number of ether oxygens (including phenoxy) is 1. The Balaban J connectivity index is 1.88. The van der Waals surface area contributed by atoms with Crippen LogP contribution >= 0.6 is 0 Å². The number of hydrogen-bond acceptors (Lipinski definition) is 3. The molecule has 1 aliphatic rings. The minimum atomic E-state index is 0.117. The molecule has 2 rings (SSSR count). The first-order chi connectivity index (χ1) is 10.2. The number of nitrogens with zero attached hydrogens (tertiary/aromatic N) is 1. The molecule has 1 saturated heterocycles. The predicted octanol–water partition coefficient (Wildman–Crippen LogP) is 3.19. The summed E-state index contributed by atoms with van der Waals surface area (Å²) in [6, 6.07) is 8.09. The molecule has 116 valence electrons. The molecule has 1 fully saturated rings. The molecule has 0 bridgehead atoms. The van der Waals surface area contributed by atoms with Gasteiger partial charge in [0, 0.05) is 25.1 Å². The molecule has 1 aromatic carbocycles. The fourth-order valence-corrected chi connectivity index (χ4v) is 3.05. The van der Waals surface area contributed by atoms with Crippen LogP contribution in [0.2, 0.25) is 0 Å². The van der Waals surface area contributed by atoms with Crippen molar-refractivity contribution < 1.29 is 9.84 Å². The van der Waals surface area contributed by atoms with Gasteiger partial charge in [0.25, 0.3) is 0 Å². The second kappa shape index (κ2) is 7.62. The second-order valence-electron chi connectivity index (χ2n) is 6.03. The van der Waals surface area contributed by atoms with E-state index >= 15 is 0 Å². The summed E-state index contributed by atoms with van der Waals surface area (Å²) >= 11 is 0. The topological polar surface area (TPSA) is 32.7 Å². The van der Waals surface area contributed by atoms with E-state index in [-0.39, 0.29) is 5.41 Å². The Morgan fingerprint density at radius 3 is 2.71 bits per heavy atom. The van der Waals surface area contributed by atoms with Gasteiger partial charge in [0.2, 0.25) is 0 Å². The summed E-state index contributed by atoms with van der Waals surface area (Å²) in [5.74, 6) is 0.888. The van der Waals surface area contributed by atoms with Crippen LogP contribution in [0.25, 0.3) is 6.08 Å². The average molecular weight is 289 g/mol. The van der Waals surface area contributed by atoms with E-state index in [1.54, 1.807) is 7.11 Å². The Hall–Kier alpha value is -1.32. The smallest absolute Gasteiger partial charge is 0.118 e. The van der Waals surface area contributed by atoms with Crippen LogP contribution in [0.3, 0.4) is 0 Å². The lowest BCUT2D eigenvalue weighted by Crippen LogP contribution is -2.45. The first-order valence-corrected chi connectivity index (χ1v) is 7.85. The van der Waals surface area contributed by atoms with Gasteiger partial charge in [-0.2, -0.15) is 0 Å². The maximum Gasteiger partial charge on any atom is 0.118 e. The molecule has 1 atom stereocenters. The summed E-state index contributed by atoms with van der Waals surface area (Å²) in [5.41, 5.74) is 1.31. The summed E-state index contributed by atoms with van der Waals surface area (Å²) in [4.78, 5) is 2.45. The molecule has 1 aromatic rings. The van der Waals surface area contributed by atoms with E-state index in [9.17, 15) is 5.11 Å². The molecule has 0 spiro atoms. The highest BCUT2D eigenvalue weighted by Crippen LogP contribution is 2.32. The number of aliphatic hydroxyl groups excluding tert-OH is 1. The minimum Gasteiger partial charge on any atom is -0.497 e. The lowest BCUT2D eigenvalue weighted by Gasteiger charge is -2.41. The van der Waals surface area contributed by atoms with Gasteiger partial charge in [-0.1, -0.05) is 31.2 Å². The van der Waals surface area contributed by atoms with E-state index < -0.39 is 0 Å². The van der Waals surface area contributed by atoms with Gasteiger partial charge in [-0.25, -0.2) is 0 Å². The van der Waals surface area contributed by atoms with Crippen molar-refractivity contribution in [3.63, 3.8) is 0 Å². The monoisotopic (exact) mass is 289 g/mol. The van der Waals surface area contributed by atoms with Crippen molar-refractivity contribution in [3.8, 4) is 5.75 Å². The molecule has 21 heavy (non-hydrogen) atoms. The molecular weight excluding hydrogens is 262 g/mol. The summed E-state index contributed by atoms with van der Waals surface area (Å²) in [6.45, 7) is 5.59. The van der Waals surface area contributed by atoms with Crippen LogP contribution in [0.5, 0.6) is 5.75 Å². The average Bonchev–Trinajstić information content (AvgIpc) is 2.55. The highest BCUT2D eigenvalue weighted by molar-refractivity contribution is 5.50. The molecule has 3 nitrogen and oxygen atoms in total. The van der Waals surface area contributed by atoms with Gasteiger partial charge >= 0.3 is 0 Å². The third-order valence-corrected chi connectivity index (χ3v) is 4.62. The van der Waals surface area contributed by atoms with Gasteiger partial charge in [0.1, 0.15) is 5.75 Å². The van der Waals surface area contributed by atoms with Crippen LogP contribution in [-0.4, -0.2) is 43.4 Å². The van der Waals surface area contributed by atoms with E-state index in [0.29, 0.717) is 6.61 Å². The zero-order valence-electron chi connectivity index (χ0n) is 13.2. The van der Waals surface area contributed by atoms with Crippen LogP contribution in [0.15, 0.2) is 30.3 Å². The van der Waals surface area contributed by atoms with Gasteiger partial charge < -0.3 is 9.84 Å². The van der Waals surface area contributed by atoms with Gasteiger partial charge in [0.05, 0.1) is 7.11 Å². The molecule has 0 aliphatic carbocycles. The molecule has 1 unspecified atom stereocenters. The normalized spacial score (nSPS) is 23.6. The lowest BCUT2D eigenvalue weighted by molar-refractivity contribution is 0.0344. The summed E-state index contributed by atoms with van der Waals surface area (Å²) in [5, 5.41) is 9.66. The quantitative estimate of drug-likeness (QED) is 0.873. The van der Waals surface area contributed by atoms with E-state index in [1.165, 1.54) is 12.0 Å². The van der Waals surface area contributed by atoms with Gasteiger partial charge in [0.15, 0.2) is 0 Å². The molecule has 1 heterocycles. The van der Waals surface area contributed by atoms with Crippen LogP contribution < -0.4 is 4.74 Å². The number of hydrogen-bond donors (Lipinski definition) is 1. The molecule has 1 N–H and O–H groups in total. The first kappa shape index (κ1) is 16.1. The summed E-state index contributed by atoms with van der Waals surface area (Å²) in [6.07, 6.45) is 7.76. The van der Waals surface area contributed by atoms with Crippen LogP contribution in [0.4, 0.5) is 0 Å². The third-order valence-electron chi connectivity index (χ3n) is 4.62. The largest absolute Gasteiger partial charge is 0.497 e. The minimum absolute atomic E-state index is 0.117. The maximum absolute atomic E-state index is 9.66. The van der Waals surface area contributed by atoms with Crippen LogP contribution in [-0.2, 0) is 0 Å². The van der Waals surface area contributed by atoms with Crippen molar-refractivity contribution in [1.82, 2.24) is 4.90 Å². The van der Waals surface area contributed by atoms with Gasteiger partial charge in [-0.15, -0.1) is 0 Å². The summed E-state index contributed by atoms with van der Waals surface area (Å²) in [7, 11) is 1.68. The van der Waals surface area contributed by atoms with Crippen molar-refractivity contribution in [3.05, 3.63) is 35.9 Å². The number of rotatable bonds is 6. The summed E-state index contributed by atoms with van der Waals surface area (Å²) < 4.78 is 5.16. The van der Waals surface area contributed by atoms with E-state index in [1.807, 2.05) is 12.1 Å². The zero-order chi connectivity index (χ0) is 15.1. The second-order valence-corrected chi connectivity index (χ2v) is 6.03.